The Kier molecular flexibility index (Phi) is 5.31. The Hall–Kier alpha value is -2.62. The van der Waals surface area contributed by atoms with E-state index in [-0.39, 0.29) is 11.6 Å². The first-order valence-corrected chi connectivity index (χ1v) is 7.06. The van der Waals surface area contributed by atoms with Crippen molar-refractivity contribution in [2.24, 2.45) is 0 Å². The van der Waals surface area contributed by atoms with Gasteiger partial charge in [0, 0.05) is 29.1 Å². The minimum atomic E-state index is -0.358. The maximum absolute atomic E-state index is 12.8. The summed E-state index contributed by atoms with van der Waals surface area (Å²) in [4.78, 5) is 12.1. The second-order valence-corrected chi connectivity index (χ2v) is 4.78. The van der Waals surface area contributed by atoms with Crippen LogP contribution in [0.25, 0.3) is 0 Å². The summed E-state index contributed by atoms with van der Waals surface area (Å²) in [6.45, 7) is 4.32. The first kappa shape index (κ1) is 15.8. The average Bonchev–Trinajstić information content (AvgIpc) is 2.48. The first-order chi connectivity index (χ1) is 10.6. The molecular formula is C18H18FNO2. The average molecular weight is 299 g/mol. The van der Waals surface area contributed by atoms with Crippen LogP contribution in [-0.4, -0.2) is 12.4 Å². The minimum Gasteiger partial charge on any atom is -0.494 e. The maximum Gasteiger partial charge on any atom is 0.187 e. The van der Waals surface area contributed by atoms with Crippen LogP contribution in [-0.2, 0) is 0 Å². The summed E-state index contributed by atoms with van der Waals surface area (Å²) in [6.07, 6.45) is 1.49. The SMILES string of the molecule is CCOc1cccc(NC(C)=CC(=O)c2ccc(F)cc2)c1. The molecule has 0 bridgehead atoms. The molecule has 2 rings (SSSR count). The van der Waals surface area contributed by atoms with E-state index < -0.39 is 0 Å². The Labute approximate surface area is 129 Å². The van der Waals surface area contributed by atoms with Crippen molar-refractivity contribution < 1.29 is 13.9 Å². The molecule has 0 unspecified atom stereocenters. The van der Waals surface area contributed by atoms with Crippen molar-refractivity contribution in [1.82, 2.24) is 0 Å². The van der Waals surface area contributed by atoms with Crippen LogP contribution in [0.1, 0.15) is 24.2 Å². The van der Waals surface area contributed by atoms with Crippen LogP contribution in [0.3, 0.4) is 0 Å². The third-order valence-corrected chi connectivity index (χ3v) is 2.96. The molecule has 1 N–H and O–H groups in total. The molecule has 0 aliphatic heterocycles. The van der Waals surface area contributed by atoms with Crippen LogP contribution in [0.2, 0.25) is 0 Å². The van der Waals surface area contributed by atoms with Gasteiger partial charge in [0.05, 0.1) is 6.61 Å². The van der Waals surface area contributed by atoms with E-state index >= 15 is 0 Å². The summed E-state index contributed by atoms with van der Waals surface area (Å²) in [5.74, 6) is 0.235. The Morgan fingerprint density at radius 1 is 1.23 bits per heavy atom. The number of benzene rings is 2. The van der Waals surface area contributed by atoms with Crippen molar-refractivity contribution in [1.29, 1.82) is 0 Å². The van der Waals surface area contributed by atoms with Gasteiger partial charge in [0.15, 0.2) is 5.78 Å². The van der Waals surface area contributed by atoms with Gasteiger partial charge < -0.3 is 10.1 Å². The van der Waals surface area contributed by atoms with E-state index in [0.717, 1.165) is 11.4 Å². The molecule has 0 heterocycles. The van der Waals surface area contributed by atoms with Crippen molar-refractivity contribution >= 4 is 11.5 Å². The summed E-state index contributed by atoms with van der Waals surface area (Å²) in [7, 11) is 0. The Morgan fingerprint density at radius 3 is 2.64 bits per heavy atom. The van der Waals surface area contributed by atoms with E-state index in [1.54, 1.807) is 6.92 Å². The number of rotatable bonds is 6. The lowest BCUT2D eigenvalue weighted by molar-refractivity contribution is 0.104. The van der Waals surface area contributed by atoms with E-state index in [4.69, 9.17) is 4.74 Å². The largest absolute Gasteiger partial charge is 0.494 e. The van der Waals surface area contributed by atoms with Crippen LogP contribution < -0.4 is 10.1 Å². The fourth-order valence-corrected chi connectivity index (χ4v) is 1.99. The molecule has 0 amide bonds. The molecule has 0 spiro atoms. The van der Waals surface area contributed by atoms with Crippen LogP contribution in [0.5, 0.6) is 5.75 Å². The highest BCUT2D eigenvalue weighted by Crippen LogP contribution is 2.18. The van der Waals surface area contributed by atoms with Crippen LogP contribution in [0.15, 0.2) is 60.3 Å². The molecule has 114 valence electrons. The van der Waals surface area contributed by atoms with E-state index in [1.807, 2.05) is 31.2 Å². The fraction of sp³-hybridized carbons (Fsp3) is 0.167. The van der Waals surface area contributed by atoms with Crippen LogP contribution in [0.4, 0.5) is 10.1 Å². The van der Waals surface area contributed by atoms with Crippen molar-refractivity contribution in [2.45, 2.75) is 13.8 Å². The number of hydrogen-bond acceptors (Lipinski definition) is 3. The normalized spacial score (nSPS) is 11.1. The lowest BCUT2D eigenvalue weighted by atomic mass is 10.1. The Morgan fingerprint density at radius 2 is 1.95 bits per heavy atom. The van der Waals surface area contributed by atoms with Gasteiger partial charge in [0.25, 0.3) is 0 Å². The molecule has 0 aliphatic carbocycles. The van der Waals surface area contributed by atoms with Crippen LogP contribution >= 0.6 is 0 Å². The number of anilines is 1. The van der Waals surface area contributed by atoms with Gasteiger partial charge in [-0.1, -0.05) is 6.07 Å². The number of allylic oxidation sites excluding steroid dienone is 2. The monoisotopic (exact) mass is 299 g/mol. The zero-order valence-corrected chi connectivity index (χ0v) is 12.6. The lowest BCUT2D eigenvalue weighted by Crippen LogP contribution is -2.02. The van der Waals surface area contributed by atoms with Crippen molar-refractivity contribution in [3.8, 4) is 5.75 Å². The van der Waals surface area contributed by atoms with Gasteiger partial charge in [-0.3, -0.25) is 4.79 Å². The molecule has 0 fully saturated rings. The molecule has 22 heavy (non-hydrogen) atoms. The number of nitrogens with one attached hydrogen (secondary N) is 1. The third kappa shape index (κ3) is 4.45. The van der Waals surface area contributed by atoms with Crippen molar-refractivity contribution in [3.05, 3.63) is 71.7 Å². The summed E-state index contributed by atoms with van der Waals surface area (Å²) in [5.41, 5.74) is 1.99. The Balaban J connectivity index is 2.07. The third-order valence-electron chi connectivity index (χ3n) is 2.96. The predicted molar refractivity (Wildman–Crippen MR) is 85.7 cm³/mol. The van der Waals surface area contributed by atoms with Gasteiger partial charge in [-0.2, -0.15) is 0 Å². The smallest absolute Gasteiger partial charge is 0.187 e. The molecule has 2 aromatic carbocycles. The summed E-state index contributed by atoms with van der Waals surface area (Å²) in [6, 6.07) is 13.0. The molecule has 4 heteroatoms. The van der Waals surface area contributed by atoms with Gasteiger partial charge in [-0.05, 0) is 50.2 Å². The lowest BCUT2D eigenvalue weighted by Gasteiger charge is -2.09. The Bertz CT molecular complexity index is 678. The van der Waals surface area contributed by atoms with Crippen LogP contribution in [0, 0.1) is 5.82 Å². The predicted octanol–water partition coefficient (Wildman–Crippen LogP) is 4.42. The second-order valence-electron chi connectivity index (χ2n) is 4.78. The molecule has 0 saturated carbocycles. The zero-order chi connectivity index (χ0) is 15.9. The number of ketones is 1. The maximum atomic E-state index is 12.8. The molecule has 0 saturated heterocycles. The molecule has 2 aromatic rings. The number of ether oxygens (including phenoxy) is 1. The molecule has 0 aromatic heterocycles. The van der Waals surface area contributed by atoms with E-state index in [0.29, 0.717) is 17.9 Å². The van der Waals surface area contributed by atoms with E-state index in [9.17, 15) is 9.18 Å². The fourth-order valence-electron chi connectivity index (χ4n) is 1.99. The number of carbonyl (C=O) groups excluding carboxylic acids is 1. The second kappa shape index (κ2) is 7.41. The van der Waals surface area contributed by atoms with Gasteiger partial charge >= 0.3 is 0 Å². The summed E-state index contributed by atoms with van der Waals surface area (Å²) >= 11 is 0. The standard InChI is InChI=1S/C18H18FNO2/c1-3-22-17-6-4-5-16(12-17)20-13(2)11-18(21)14-7-9-15(19)10-8-14/h4-12,20H,3H2,1-2H3. The van der Waals surface area contributed by atoms with Gasteiger partial charge in [0.2, 0.25) is 0 Å². The van der Waals surface area contributed by atoms with Gasteiger partial charge in [-0.15, -0.1) is 0 Å². The quantitative estimate of drug-likeness (QED) is 0.633. The number of halogens is 1. The summed E-state index contributed by atoms with van der Waals surface area (Å²) in [5, 5.41) is 3.14. The molecular weight excluding hydrogens is 281 g/mol. The topological polar surface area (TPSA) is 38.3 Å². The molecule has 0 radical (unpaired) electrons. The van der Waals surface area contributed by atoms with Crippen molar-refractivity contribution in [2.75, 3.05) is 11.9 Å². The van der Waals surface area contributed by atoms with Gasteiger partial charge in [0.1, 0.15) is 11.6 Å². The highest BCUT2D eigenvalue weighted by atomic mass is 19.1. The van der Waals surface area contributed by atoms with E-state index in [1.165, 1.54) is 30.3 Å². The van der Waals surface area contributed by atoms with Crippen molar-refractivity contribution in [3.63, 3.8) is 0 Å². The minimum absolute atomic E-state index is 0.175. The highest BCUT2D eigenvalue weighted by molar-refractivity contribution is 6.05. The number of carbonyl (C=O) groups is 1. The molecule has 3 nitrogen and oxygen atoms in total. The first-order valence-electron chi connectivity index (χ1n) is 7.06. The van der Waals surface area contributed by atoms with Gasteiger partial charge in [-0.25, -0.2) is 4.39 Å². The van der Waals surface area contributed by atoms with E-state index in [2.05, 4.69) is 5.32 Å². The molecule has 0 aliphatic rings. The highest BCUT2D eigenvalue weighted by Gasteiger charge is 2.04. The zero-order valence-electron chi connectivity index (χ0n) is 12.6. The number of hydrogen-bond donors (Lipinski definition) is 1. The molecule has 0 atom stereocenters. The summed E-state index contributed by atoms with van der Waals surface area (Å²) < 4.78 is 18.3.